The summed E-state index contributed by atoms with van der Waals surface area (Å²) in [6, 6.07) is 15.1. The van der Waals surface area contributed by atoms with E-state index in [1.54, 1.807) is 6.07 Å². The first-order valence-electron chi connectivity index (χ1n) is 7.67. The second kappa shape index (κ2) is 7.58. The van der Waals surface area contributed by atoms with Gasteiger partial charge in [0.25, 0.3) is 5.91 Å². The van der Waals surface area contributed by atoms with Crippen LogP contribution >= 0.6 is 0 Å². The Morgan fingerprint density at radius 3 is 2.35 bits per heavy atom. The Hall–Kier alpha value is -2.62. The summed E-state index contributed by atoms with van der Waals surface area (Å²) in [5, 5.41) is 5.52. The van der Waals surface area contributed by atoms with E-state index in [0.717, 1.165) is 16.7 Å². The molecule has 0 spiro atoms. The van der Waals surface area contributed by atoms with Gasteiger partial charge in [0.15, 0.2) is 0 Å². The van der Waals surface area contributed by atoms with Crippen LogP contribution in [0.15, 0.2) is 48.5 Å². The molecule has 4 nitrogen and oxygen atoms in total. The van der Waals surface area contributed by atoms with Crippen LogP contribution in [0.1, 0.15) is 40.0 Å². The largest absolute Gasteiger partial charge is 0.348 e. The molecule has 0 aliphatic heterocycles. The third kappa shape index (κ3) is 4.68. The van der Waals surface area contributed by atoms with Crippen LogP contribution in [0.25, 0.3) is 0 Å². The molecule has 120 valence electrons. The normalized spacial score (nSPS) is 11.6. The van der Waals surface area contributed by atoms with E-state index in [1.165, 1.54) is 0 Å². The maximum absolute atomic E-state index is 12.1. The van der Waals surface area contributed by atoms with Gasteiger partial charge in [0.1, 0.15) is 0 Å². The Morgan fingerprint density at radius 1 is 1.00 bits per heavy atom. The number of hydrogen-bond donors (Lipinski definition) is 2. The quantitative estimate of drug-likeness (QED) is 0.892. The predicted octanol–water partition coefficient (Wildman–Crippen LogP) is 2.91. The summed E-state index contributed by atoms with van der Waals surface area (Å²) in [6.07, 6.45) is 0. The predicted molar refractivity (Wildman–Crippen MR) is 91.2 cm³/mol. The minimum Gasteiger partial charge on any atom is -0.348 e. The molecule has 2 aromatic rings. The zero-order chi connectivity index (χ0) is 16.8. The van der Waals surface area contributed by atoms with Gasteiger partial charge in [-0.3, -0.25) is 9.59 Å². The van der Waals surface area contributed by atoms with Gasteiger partial charge in [0.2, 0.25) is 5.91 Å². The fourth-order valence-electron chi connectivity index (χ4n) is 2.26. The third-order valence-electron chi connectivity index (χ3n) is 3.86. The molecule has 0 radical (unpaired) electrons. The Balaban J connectivity index is 1.86. The fourth-order valence-corrected chi connectivity index (χ4v) is 2.26. The molecule has 0 saturated carbocycles. The highest BCUT2D eigenvalue weighted by Gasteiger charge is 2.11. The molecule has 23 heavy (non-hydrogen) atoms. The molecule has 0 aliphatic carbocycles. The SMILES string of the molecule is Cc1ccc(C(=O)NCC(=O)N[C@@H](C)c2ccccc2)cc1C. The molecule has 1 atom stereocenters. The van der Waals surface area contributed by atoms with Gasteiger partial charge in [0, 0.05) is 5.56 Å². The molecule has 2 N–H and O–H groups in total. The number of nitrogens with one attached hydrogen (secondary N) is 2. The van der Waals surface area contributed by atoms with Crippen molar-refractivity contribution in [2.24, 2.45) is 0 Å². The molecule has 2 amide bonds. The van der Waals surface area contributed by atoms with Crippen LogP contribution in [0, 0.1) is 13.8 Å². The molecular weight excluding hydrogens is 288 g/mol. The monoisotopic (exact) mass is 310 g/mol. The van der Waals surface area contributed by atoms with E-state index in [1.807, 2.05) is 63.2 Å². The summed E-state index contributed by atoms with van der Waals surface area (Å²) < 4.78 is 0. The van der Waals surface area contributed by atoms with E-state index in [9.17, 15) is 9.59 Å². The third-order valence-corrected chi connectivity index (χ3v) is 3.86. The van der Waals surface area contributed by atoms with Gasteiger partial charge < -0.3 is 10.6 Å². The number of hydrogen-bond acceptors (Lipinski definition) is 2. The molecule has 0 saturated heterocycles. The molecule has 0 aromatic heterocycles. The Labute approximate surface area is 136 Å². The van der Waals surface area contributed by atoms with E-state index in [0.29, 0.717) is 5.56 Å². The van der Waals surface area contributed by atoms with Gasteiger partial charge in [-0.15, -0.1) is 0 Å². The summed E-state index contributed by atoms with van der Waals surface area (Å²) >= 11 is 0. The van der Waals surface area contributed by atoms with Crippen molar-refractivity contribution in [1.29, 1.82) is 0 Å². The van der Waals surface area contributed by atoms with Gasteiger partial charge in [-0.25, -0.2) is 0 Å². The van der Waals surface area contributed by atoms with E-state index in [4.69, 9.17) is 0 Å². The van der Waals surface area contributed by atoms with Crippen LogP contribution in [0.2, 0.25) is 0 Å². The first-order valence-corrected chi connectivity index (χ1v) is 7.67. The summed E-state index contributed by atoms with van der Waals surface area (Å²) in [5.41, 5.74) is 3.79. The van der Waals surface area contributed by atoms with Gasteiger partial charge in [-0.2, -0.15) is 0 Å². The van der Waals surface area contributed by atoms with Crippen LogP contribution in [0.3, 0.4) is 0 Å². The second-order valence-electron chi connectivity index (χ2n) is 5.68. The first kappa shape index (κ1) is 16.7. The molecular formula is C19H22N2O2. The van der Waals surface area contributed by atoms with Crippen LogP contribution < -0.4 is 10.6 Å². The lowest BCUT2D eigenvalue weighted by molar-refractivity contribution is -0.120. The van der Waals surface area contributed by atoms with Crippen molar-refractivity contribution >= 4 is 11.8 Å². The van der Waals surface area contributed by atoms with Crippen LogP contribution in [-0.4, -0.2) is 18.4 Å². The van der Waals surface area contributed by atoms with Crippen molar-refractivity contribution in [3.63, 3.8) is 0 Å². The van der Waals surface area contributed by atoms with E-state index < -0.39 is 0 Å². The van der Waals surface area contributed by atoms with Crippen molar-refractivity contribution < 1.29 is 9.59 Å². The lowest BCUT2D eigenvalue weighted by atomic mass is 10.1. The zero-order valence-electron chi connectivity index (χ0n) is 13.7. The number of amides is 2. The van der Waals surface area contributed by atoms with E-state index in [-0.39, 0.29) is 24.4 Å². The Kier molecular flexibility index (Phi) is 5.52. The second-order valence-corrected chi connectivity index (χ2v) is 5.68. The summed E-state index contributed by atoms with van der Waals surface area (Å²) in [7, 11) is 0. The summed E-state index contributed by atoms with van der Waals surface area (Å²) in [5.74, 6) is -0.450. The fraction of sp³-hybridized carbons (Fsp3) is 0.263. The van der Waals surface area contributed by atoms with Gasteiger partial charge in [0.05, 0.1) is 12.6 Å². The molecule has 2 aromatic carbocycles. The van der Waals surface area contributed by atoms with Crippen LogP contribution in [0.5, 0.6) is 0 Å². The first-order chi connectivity index (χ1) is 11.0. The van der Waals surface area contributed by atoms with E-state index in [2.05, 4.69) is 10.6 Å². The Bertz CT molecular complexity index is 696. The maximum Gasteiger partial charge on any atom is 0.251 e. The van der Waals surface area contributed by atoms with Gasteiger partial charge >= 0.3 is 0 Å². The minimum atomic E-state index is -0.240. The van der Waals surface area contributed by atoms with Crippen molar-refractivity contribution in [3.8, 4) is 0 Å². The molecule has 0 bridgehead atoms. The molecule has 4 heteroatoms. The minimum absolute atomic E-state index is 0.0388. The van der Waals surface area contributed by atoms with Crippen LogP contribution in [0.4, 0.5) is 0 Å². The molecule has 0 heterocycles. The van der Waals surface area contributed by atoms with E-state index >= 15 is 0 Å². The van der Waals surface area contributed by atoms with Crippen molar-refractivity contribution in [1.82, 2.24) is 10.6 Å². The smallest absolute Gasteiger partial charge is 0.251 e. The maximum atomic E-state index is 12.1. The number of aryl methyl sites for hydroxylation is 2. The van der Waals surface area contributed by atoms with Crippen molar-refractivity contribution in [2.75, 3.05) is 6.54 Å². The average Bonchev–Trinajstić information content (AvgIpc) is 2.56. The lowest BCUT2D eigenvalue weighted by Crippen LogP contribution is -2.38. The highest BCUT2D eigenvalue weighted by Crippen LogP contribution is 2.11. The lowest BCUT2D eigenvalue weighted by Gasteiger charge is -2.14. The summed E-state index contributed by atoms with van der Waals surface area (Å²) in [4.78, 5) is 24.0. The average molecular weight is 310 g/mol. The highest BCUT2D eigenvalue weighted by molar-refractivity contribution is 5.96. The summed E-state index contributed by atoms with van der Waals surface area (Å²) in [6.45, 7) is 5.83. The van der Waals surface area contributed by atoms with Gasteiger partial charge in [-0.05, 0) is 49.6 Å². The highest BCUT2D eigenvalue weighted by atomic mass is 16.2. The standard InChI is InChI=1S/C19H22N2O2/c1-13-9-10-17(11-14(13)2)19(23)20-12-18(22)21-15(3)16-7-5-4-6-8-16/h4-11,15H,12H2,1-3H3,(H,20,23)(H,21,22)/t15-/m0/s1. The zero-order valence-corrected chi connectivity index (χ0v) is 13.7. The molecule has 0 unspecified atom stereocenters. The molecule has 0 aliphatic rings. The van der Waals surface area contributed by atoms with Crippen LogP contribution in [-0.2, 0) is 4.79 Å². The van der Waals surface area contributed by atoms with Crippen molar-refractivity contribution in [3.05, 3.63) is 70.8 Å². The number of carbonyl (C=O) groups is 2. The number of benzene rings is 2. The Morgan fingerprint density at radius 2 is 1.70 bits per heavy atom. The topological polar surface area (TPSA) is 58.2 Å². The molecule has 0 fully saturated rings. The number of carbonyl (C=O) groups excluding carboxylic acids is 2. The van der Waals surface area contributed by atoms with Gasteiger partial charge in [-0.1, -0.05) is 36.4 Å². The number of rotatable bonds is 5. The van der Waals surface area contributed by atoms with Crippen molar-refractivity contribution in [2.45, 2.75) is 26.8 Å². The molecule has 2 rings (SSSR count).